The number of carbonyl (C=O) groups excluding carboxylic acids is 1. The third-order valence-corrected chi connectivity index (χ3v) is 3.37. The SMILES string of the molecule is O=C(O)C1CCCN(C(=O)c2cccc(OC(F)(F)F)c2)C1. The second kappa shape index (κ2) is 6.25. The Morgan fingerprint density at radius 1 is 1.32 bits per heavy atom. The van der Waals surface area contributed by atoms with Crippen LogP contribution >= 0.6 is 0 Å². The lowest BCUT2D eigenvalue weighted by Crippen LogP contribution is -2.42. The molecule has 1 amide bonds. The smallest absolute Gasteiger partial charge is 0.481 e. The normalized spacial score (nSPS) is 18.9. The number of aliphatic carboxylic acids is 1. The lowest BCUT2D eigenvalue weighted by atomic mass is 9.97. The number of halogens is 3. The van der Waals surface area contributed by atoms with Gasteiger partial charge in [-0.15, -0.1) is 13.2 Å². The Kier molecular flexibility index (Phi) is 4.58. The molecule has 0 aromatic heterocycles. The Bertz CT molecular complexity index is 573. The first-order valence-electron chi connectivity index (χ1n) is 6.64. The first-order chi connectivity index (χ1) is 10.3. The van der Waals surface area contributed by atoms with Crippen LogP contribution in [0.1, 0.15) is 23.2 Å². The topological polar surface area (TPSA) is 66.8 Å². The molecule has 1 aliphatic heterocycles. The van der Waals surface area contributed by atoms with E-state index in [1.807, 2.05) is 0 Å². The summed E-state index contributed by atoms with van der Waals surface area (Å²) in [5.74, 6) is -2.61. The molecule has 1 aliphatic rings. The Morgan fingerprint density at radius 3 is 2.68 bits per heavy atom. The van der Waals surface area contributed by atoms with Crippen LogP contribution < -0.4 is 4.74 Å². The maximum absolute atomic E-state index is 12.3. The van der Waals surface area contributed by atoms with E-state index in [9.17, 15) is 22.8 Å². The van der Waals surface area contributed by atoms with Crippen molar-refractivity contribution in [2.75, 3.05) is 13.1 Å². The molecule has 0 saturated carbocycles. The van der Waals surface area contributed by atoms with Crippen LogP contribution in [0.3, 0.4) is 0 Å². The van der Waals surface area contributed by atoms with Gasteiger partial charge in [0.2, 0.25) is 0 Å². The number of benzene rings is 1. The number of carboxylic acid groups (broad SMARTS) is 1. The van der Waals surface area contributed by atoms with Crippen LogP contribution in [0.25, 0.3) is 0 Å². The molecule has 0 aliphatic carbocycles. The van der Waals surface area contributed by atoms with E-state index in [0.29, 0.717) is 19.4 Å². The average Bonchev–Trinajstić information content (AvgIpc) is 2.45. The fourth-order valence-electron chi connectivity index (χ4n) is 2.37. The Hall–Kier alpha value is -2.25. The van der Waals surface area contributed by atoms with E-state index < -0.39 is 29.9 Å². The molecule has 1 heterocycles. The number of alkyl halides is 3. The van der Waals surface area contributed by atoms with Crippen LogP contribution in [-0.4, -0.2) is 41.3 Å². The number of hydrogen-bond acceptors (Lipinski definition) is 3. The predicted octanol–water partition coefficient (Wildman–Crippen LogP) is 2.52. The van der Waals surface area contributed by atoms with Crippen molar-refractivity contribution in [2.24, 2.45) is 5.92 Å². The molecule has 1 atom stereocenters. The van der Waals surface area contributed by atoms with Gasteiger partial charge in [0.1, 0.15) is 5.75 Å². The van der Waals surface area contributed by atoms with Crippen molar-refractivity contribution in [3.8, 4) is 5.75 Å². The second-order valence-corrected chi connectivity index (χ2v) is 5.00. The van der Waals surface area contributed by atoms with E-state index in [1.165, 1.54) is 17.0 Å². The molecule has 120 valence electrons. The summed E-state index contributed by atoms with van der Waals surface area (Å²) >= 11 is 0. The molecule has 8 heteroatoms. The summed E-state index contributed by atoms with van der Waals surface area (Å²) < 4.78 is 40.3. The minimum atomic E-state index is -4.83. The number of rotatable bonds is 3. The molecule has 1 aromatic carbocycles. The highest BCUT2D eigenvalue weighted by atomic mass is 19.4. The zero-order valence-electron chi connectivity index (χ0n) is 11.5. The zero-order valence-corrected chi connectivity index (χ0v) is 11.5. The summed E-state index contributed by atoms with van der Waals surface area (Å²) in [6, 6.07) is 4.75. The Labute approximate surface area is 124 Å². The molecule has 1 aromatic rings. The van der Waals surface area contributed by atoms with Crippen molar-refractivity contribution in [3.63, 3.8) is 0 Å². The monoisotopic (exact) mass is 317 g/mol. The van der Waals surface area contributed by atoms with Crippen molar-refractivity contribution in [2.45, 2.75) is 19.2 Å². The highest BCUT2D eigenvalue weighted by Gasteiger charge is 2.32. The minimum absolute atomic E-state index is 0.0350. The molecule has 0 spiro atoms. The molecular formula is C14H14F3NO4. The molecule has 0 radical (unpaired) electrons. The van der Waals surface area contributed by atoms with Gasteiger partial charge in [0, 0.05) is 18.7 Å². The van der Waals surface area contributed by atoms with Crippen LogP contribution in [0.2, 0.25) is 0 Å². The summed E-state index contributed by atoms with van der Waals surface area (Å²) in [7, 11) is 0. The Balaban J connectivity index is 2.12. The highest BCUT2D eigenvalue weighted by Crippen LogP contribution is 2.25. The molecule has 1 fully saturated rings. The first kappa shape index (κ1) is 16.1. The van der Waals surface area contributed by atoms with E-state index in [1.54, 1.807) is 0 Å². The van der Waals surface area contributed by atoms with Crippen LogP contribution in [0.15, 0.2) is 24.3 Å². The largest absolute Gasteiger partial charge is 0.573 e. The van der Waals surface area contributed by atoms with Crippen molar-refractivity contribution in [1.82, 2.24) is 4.90 Å². The average molecular weight is 317 g/mol. The number of hydrogen-bond donors (Lipinski definition) is 1. The number of nitrogens with zero attached hydrogens (tertiary/aromatic N) is 1. The summed E-state index contributed by atoms with van der Waals surface area (Å²) in [5.41, 5.74) is 0.0350. The summed E-state index contributed by atoms with van der Waals surface area (Å²) in [6.45, 7) is 0.436. The third-order valence-electron chi connectivity index (χ3n) is 3.37. The molecule has 1 N–H and O–H groups in total. The van der Waals surface area contributed by atoms with E-state index >= 15 is 0 Å². The van der Waals surface area contributed by atoms with Crippen molar-refractivity contribution >= 4 is 11.9 Å². The molecular weight excluding hydrogens is 303 g/mol. The van der Waals surface area contributed by atoms with Gasteiger partial charge in [0.05, 0.1) is 5.92 Å². The van der Waals surface area contributed by atoms with Crippen molar-refractivity contribution < 1.29 is 32.6 Å². The maximum Gasteiger partial charge on any atom is 0.573 e. The number of ether oxygens (including phenoxy) is 1. The van der Waals surface area contributed by atoms with Gasteiger partial charge >= 0.3 is 12.3 Å². The summed E-state index contributed by atoms with van der Waals surface area (Å²) in [6.07, 6.45) is -3.81. The van der Waals surface area contributed by atoms with Gasteiger partial charge in [-0.3, -0.25) is 9.59 Å². The number of carboxylic acids is 1. The maximum atomic E-state index is 12.3. The van der Waals surface area contributed by atoms with Gasteiger partial charge < -0.3 is 14.7 Å². The standard InChI is InChI=1S/C14H14F3NO4/c15-14(16,17)22-11-5-1-3-9(7-11)12(19)18-6-2-4-10(8-18)13(20)21/h1,3,5,7,10H,2,4,6,8H2,(H,20,21). The van der Waals surface area contributed by atoms with Crippen LogP contribution in [0, 0.1) is 5.92 Å². The van der Waals surface area contributed by atoms with Crippen LogP contribution in [0.5, 0.6) is 5.75 Å². The van der Waals surface area contributed by atoms with Crippen LogP contribution in [0.4, 0.5) is 13.2 Å². The molecule has 0 bridgehead atoms. The number of amides is 1. The highest BCUT2D eigenvalue weighted by molar-refractivity contribution is 5.95. The molecule has 1 unspecified atom stereocenters. The predicted molar refractivity (Wildman–Crippen MR) is 69.4 cm³/mol. The lowest BCUT2D eigenvalue weighted by molar-refractivity contribution is -0.274. The van der Waals surface area contributed by atoms with E-state index in [-0.39, 0.29) is 12.1 Å². The summed E-state index contributed by atoms with van der Waals surface area (Å²) in [5, 5.41) is 9.00. The van der Waals surface area contributed by atoms with Gasteiger partial charge in [0.25, 0.3) is 5.91 Å². The molecule has 22 heavy (non-hydrogen) atoms. The number of carbonyl (C=O) groups is 2. The third kappa shape index (κ3) is 4.12. The van der Waals surface area contributed by atoms with E-state index in [4.69, 9.17) is 5.11 Å². The van der Waals surface area contributed by atoms with Gasteiger partial charge in [-0.1, -0.05) is 6.07 Å². The van der Waals surface area contributed by atoms with Crippen LogP contribution in [-0.2, 0) is 4.79 Å². The molecule has 1 saturated heterocycles. The van der Waals surface area contributed by atoms with Crippen molar-refractivity contribution in [1.29, 1.82) is 0 Å². The quantitative estimate of drug-likeness (QED) is 0.930. The minimum Gasteiger partial charge on any atom is -0.481 e. The van der Waals surface area contributed by atoms with Crippen molar-refractivity contribution in [3.05, 3.63) is 29.8 Å². The number of likely N-dealkylation sites (tertiary alicyclic amines) is 1. The number of piperidine rings is 1. The van der Waals surface area contributed by atoms with Gasteiger partial charge in [-0.05, 0) is 31.0 Å². The van der Waals surface area contributed by atoms with E-state index in [0.717, 1.165) is 12.1 Å². The summed E-state index contributed by atoms with van der Waals surface area (Å²) in [4.78, 5) is 24.6. The lowest BCUT2D eigenvalue weighted by Gasteiger charge is -2.30. The van der Waals surface area contributed by atoms with E-state index in [2.05, 4.69) is 4.74 Å². The zero-order chi connectivity index (χ0) is 16.3. The fourth-order valence-corrected chi connectivity index (χ4v) is 2.37. The van der Waals surface area contributed by atoms with Gasteiger partial charge in [0.15, 0.2) is 0 Å². The fraction of sp³-hybridized carbons (Fsp3) is 0.429. The molecule has 5 nitrogen and oxygen atoms in total. The Morgan fingerprint density at radius 2 is 2.05 bits per heavy atom. The van der Waals surface area contributed by atoms with Gasteiger partial charge in [-0.25, -0.2) is 0 Å². The molecule has 2 rings (SSSR count). The first-order valence-corrected chi connectivity index (χ1v) is 6.64. The second-order valence-electron chi connectivity index (χ2n) is 5.00. The van der Waals surface area contributed by atoms with Gasteiger partial charge in [-0.2, -0.15) is 0 Å².